The van der Waals surface area contributed by atoms with Crippen molar-refractivity contribution >= 4 is 16.2 Å². The molecule has 0 atom stereocenters. The van der Waals surface area contributed by atoms with Gasteiger partial charge in [0.25, 0.3) is 10.2 Å². The van der Waals surface area contributed by atoms with Crippen LogP contribution in [0.15, 0.2) is 10.5 Å². The Kier molecular flexibility index (Phi) is 4.43. The zero-order chi connectivity index (χ0) is 14.8. The van der Waals surface area contributed by atoms with Crippen LogP contribution in [0.25, 0.3) is 0 Å². The number of nitrogens with one attached hydrogen (secondary N) is 1. The fourth-order valence-electron chi connectivity index (χ4n) is 1.88. The summed E-state index contributed by atoms with van der Waals surface area (Å²) in [5.74, 6) is -0.594. The van der Waals surface area contributed by atoms with Crippen LogP contribution in [-0.2, 0) is 21.5 Å². The van der Waals surface area contributed by atoms with Gasteiger partial charge in [0.2, 0.25) is 0 Å². The Balaban J connectivity index is 2.00. The van der Waals surface area contributed by atoms with E-state index in [-0.39, 0.29) is 23.6 Å². The quantitative estimate of drug-likeness (QED) is 0.789. The number of aromatic carboxylic acids is 1. The lowest BCUT2D eigenvalue weighted by molar-refractivity contribution is 0.0695. The number of rotatable bonds is 5. The molecule has 9 heteroatoms. The van der Waals surface area contributed by atoms with Gasteiger partial charge in [-0.3, -0.25) is 0 Å². The first kappa shape index (κ1) is 15.0. The standard InChI is InChI=1S/C11H16N2O6S/c1-8-10(11(14)15)6-9(19-8)7-12-20(16,17)13-2-4-18-5-3-13/h6,12H,2-5,7H2,1H3,(H,14,15). The van der Waals surface area contributed by atoms with Crippen LogP contribution in [0.5, 0.6) is 0 Å². The van der Waals surface area contributed by atoms with Crippen molar-refractivity contribution < 1.29 is 27.5 Å². The van der Waals surface area contributed by atoms with Gasteiger partial charge in [-0.25, -0.2) is 4.79 Å². The van der Waals surface area contributed by atoms with Crippen LogP contribution in [0.3, 0.4) is 0 Å². The Hall–Kier alpha value is -1.42. The van der Waals surface area contributed by atoms with Crippen LogP contribution in [0.4, 0.5) is 0 Å². The van der Waals surface area contributed by atoms with Gasteiger partial charge >= 0.3 is 5.97 Å². The van der Waals surface area contributed by atoms with Crippen molar-refractivity contribution in [3.63, 3.8) is 0 Å². The number of ether oxygens (including phenoxy) is 1. The van der Waals surface area contributed by atoms with E-state index in [9.17, 15) is 13.2 Å². The van der Waals surface area contributed by atoms with Crippen LogP contribution in [0.2, 0.25) is 0 Å². The first-order valence-corrected chi connectivity index (χ1v) is 7.49. The summed E-state index contributed by atoms with van der Waals surface area (Å²) in [6.45, 7) is 2.75. The Bertz CT molecular complexity index is 588. The van der Waals surface area contributed by atoms with Crippen molar-refractivity contribution in [3.05, 3.63) is 23.2 Å². The normalized spacial score (nSPS) is 17.2. The maximum Gasteiger partial charge on any atom is 0.339 e. The molecular weight excluding hydrogens is 288 g/mol. The molecule has 0 bridgehead atoms. The van der Waals surface area contributed by atoms with E-state index in [4.69, 9.17) is 14.3 Å². The Morgan fingerprint density at radius 1 is 1.45 bits per heavy atom. The molecule has 0 amide bonds. The fourth-order valence-corrected chi connectivity index (χ4v) is 3.02. The number of carboxylic acid groups (broad SMARTS) is 1. The number of hydrogen-bond acceptors (Lipinski definition) is 5. The summed E-state index contributed by atoms with van der Waals surface area (Å²) in [6.07, 6.45) is 0. The molecule has 1 aromatic rings. The number of aryl methyl sites for hydroxylation is 1. The van der Waals surface area contributed by atoms with E-state index in [0.717, 1.165) is 0 Å². The van der Waals surface area contributed by atoms with Gasteiger partial charge in [-0.1, -0.05) is 0 Å². The summed E-state index contributed by atoms with van der Waals surface area (Å²) in [4.78, 5) is 10.9. The molecule has 0 spiro atoms. The maximum atomic E-state index is 12.0. The van der Waals surface area contributed by atoms with Crippen molar-refractivity contribution in [2.45, 2.75) is 13.5 Å². The molecule has 1 aromatic heterocycles. The number of furan rings is 1. The minimum atomic E-state index is -3.61. The number of hydrogen-bond donors (Lipinski definition) is 2. The molecule has 1 aliphatic heterocycles. The number of nitrogens with zero attached hydrogens (tertiary/aromatic N) is 1. The molecule has 0 unspecified atom stereocenters. The maximum absolute atomic E-state index is 12.0. The van der Waals surface area contributed by atoms with E-state index in [1.54, 1.807) is 0 Å². The fraction of sp³-hybridized carbons (Fsp3) is 0.545. The van der Waals surface area contributed by atoms with Crippen molar-refractivity contribution in [1.82, 2.24) is 9.03 Å². The Morgan fingerprint density at radius 3 is 2.65 bits per heavy atom. The number of carbonyl (C=O) groups is 1. The smallest absolute Gasteiger partial charge is 0.339 e. The van der Waals surface area contributed by atoms with Crippen LogP contribution in [0.1, 0.15) is 21.9 Å². The molecule has 8 nitrogen and oxygen atoms in total. The van der Waals surface area contributed by atoms with Crippen LogP contribution >= 0.6 is 0 Å². The van der Waals surface area contributed by atoms with Crippen LogP contribution in [-0.4, -0.2) is 50.1 Å². The van der Waals surface area contributed by atoms with Crippen LogP contribution < -0.4 is 4.72 Å². The van der Waals surface area contributed by atoms with Crippen molar-refractivity contribution in [2.75, 3.05) is 26.3 Å². The van der Waals surface area contributed by atoms with Gasteiger partial charge in [-0.05, 0) is 13.0 Å². The summed E-state index contributed by atoms with van der Waals surface area (Å²) in [5, 5.41) is 8.89. The van der Waals surface area contributed by atoms with Crippen molar-refractivity contribution in [3.8, 4) is 0 Å². The van der Waals surface area contributed by atoms with E-state index in [1.165, 1.54) is 17.3 Å². The van der Waals surface area contributed by atoms with E-state index in [2.05, 4.69) is 4.72 Å². The Morgan fingerprint density at radius 2 is 2.10 bits per heavy atom. The molecule has 1 saturated heterocycles. The molecule has 0 aromatic carbocycles. The summed E-state index contributed by atoms with van der Waals surface area (Å²) in [5.41, 5.74) is 0.0329. The molecule has 1 aliphatic rings. The first-order valence-electron chi connectivity index (χ1n) is 6.05. The zero-order valence-corrected chi connectivity index (χ0v) is 11.8. The van der Waals surface area contributed by atoms with E-state index >= 15 is 0 Å². The summed E-state index contributed by atoms with van der Waals surface area (Å²) in [7, 11) is -3.61. The van der Waals surface area contributed by atoms with Gasteiger partial charge < -0.3 is 14.3 Å². The monoisotopic (exact) mass is 304 g/mol. The first-order chi connectivity index (χ1) is 9.40. The second-order valence-electron chi connectivity index (χ2n) is 4.33. The van der Waals surface area contributed by atoms with Gasteiger partial charge in [0, 0.05) is 13.1 Å². The third kappa shape index (κ3) is 3.37. The molecule has 20 heavy (non-hydrogen) atoms. The topological polar surface area (TPSA) is 109 Å². The third-order valence-electron chi connectivity index (χ3n) is 2.94. The lowest BCUT2D eigenvalue weighted by atomic mass is 10.2. The van der Waals surface area contributed by atoms with Gasteiger partial charge in [0.05, 0.1) is 19.8 Å². The van der Waals surface area contributed by atoms with Crippen LogP contribution in [0, 0.1) is 6.92 Å². The van der Waals surface area contributed by atoms with Crippen molar-refractivity contribution in [1.29, 1.82) is 0 Å². The molecule has 2 heterocycles. The Labute approximate surface area is 116 Å². The molecule has 0 aliphatic carbocycles. The minimum absolute atomic E-state index is 0.0329. The molecule has 0 saturated carbocycles. The average molecular weight is 304 g/mol. The second-order valence-corrected chi connectivity index (χ2v) is 6.08. The predicted molar refractivity (Wildman–Crippen MR) is 68.6 cm³/mol. The van der Waals surface area contributed by atoms with Gasteiger partial charge in [-0.2, -0.15) is 17.4 Å². The molecular formula is C11H16N2O6S. The average Bonchev–Trinajstić information content (AvgIpc) is 2.79. The lowest BCUT2D eigenvalue weighted by Gasteiger charge is -2.25. The largest absolute Gasteiger partial charge is 0.478 e. The predicted octanol–water partition coefficient (Wildman–Crippen LogP) is -0.0472. The highest BCUT2D eigenvalue weighted by molar-refractivity contribution is 7.87. The van der Waals surface area contributed by atoms with E-state index in [1.807, 2.05) is 0 Å². The molecule has 1 fully saturated rings. The van der Waals surface area contributed by atoms with E-state index < -0.39 is 16.2 Å². The summed E-state index contributed by atoms with van der Waals surface area (Å²) < 4.78 is 37.9. The highest BCUT2D eigenvalue weighted by Gasteiger charge is 2.24. The van der Waals surface area contributed by atoms with Gasteiger partial charge in [0.15, 0.2) is 0 Å². The number of morpholine rings is 1. The highest BCUT2D eigenvalue weighted by Crippen LogP contribution is 2.15. The molecule has 112 valence electrons. The molecule has 0 radical (unpaired) electrons. The lowest BCUT2D eigenvalue weighted by Crippen LogP contribution is -2.46. The van der Waals surface area contributed by atoms with E-state index in [0.29, 0.717) is 26.3 Å². The highest BCUT2D eigenvalue weighted by atomic mass is 32.2. The zero-order valence-electron chi connectivity index (χ0n) is 11.0. The van der Waals surface area contributed by atoms with Gasteiger partial charge in [-0.15, -0.1) is 0 Å². The summed E-state index contributed by atoms with van der Waals surface area (Å²) in [6, 6.07) is 1.32. The SMILES string of the molecule is Cc1oc(CNS(=O)(=O)N2CCOCC2)cc1C(=O)O. The second kappa shape index (κ2) is 5.92. The number of carboxylic acids is 1. The minimum Gasteiger partial charge on any atom is -0.478 e. The molecule has 2 rings (SSSR count). The third-order valence-corrected chi connectivity index (χ3v) is 4.49. The molecule has 2 N–H and O–H groups in total. The summed E-state index contributed by atoms with van der Waals surface area (Å²) >= 11 is 0. The van der Waals surface area contributed by atoms with Crippen molar-refractivity contribution in [2.24, 2.45) is 0 Å². The van der Waals surface area contributed by atoms with Gasteiger partial charge in [0.1, 0.15) is 17.1 Å².